The van der Waals surface area contributed by atoms with Crippen LogP contribution in [0, 0.1) is 27.7 Å². The highest BCUT2D eigenvalue weighted by Crippen LogP contribution is 2.23. The van der Waals surface area contributed by atoms with Gasteiger partial charge in [-0.2, -0.15) is 0 Å². The van der Waals surface area contributed by atoms with E-state index in [1.807, 2.05) is 82.3 Å². The molecule has 0 saturated heterocycles. The normalized spacial score (nSPS) is 11.6. The predicted octanol–water partition coefficient (Wildman–Crippen LogP) is 5.39. The molecule has 0 aliphatic carbocycles. The molecule has 4 heteroatoms. The third kappa shape index (κ3) is 5.35. The number of nitrogens with one attached hydrogen (secondary N) is 1. The van der Waals surface area contributed by atoms with Gasteiger partial charge in [0.25, 0.3) is 5.91 Å². The largest absolute Gasteiger partial charge is 0.447 e. The fourth-order valence-electron chi connectivity index (χ4n) is 3.22. The minimum Gasteiger partial charge on any atom is -0.447 e. The van der Waals surface area contributed by atoms with E-state index in [1.165, 1.54) is 5.56 Å². The van der Waals surface area contributed by atoms with Crippen LogP contribution in [0.2, 0.25) is 0 Å². The molecule has 0 aliphatic rings. The molecule has 3 aromatic carbocycles. The molecule has 4 nitrogen and oxygen atoms in total. The van der Waals surface area contributed by atoms with Gasteiger partial charge in [-0.05, 0) is 61.6 Å². The zero-order chi connectivity index (χ0) is 21.7. The van der Waals surface area contributed by atoms with E-state index in [4.69, 9.17) is 4.74 Å². The van der Waals surface area contributed by atoms with Crippen LogP contribution in [-0.4, -0.2) is 11.9 Å². The summed E-state index contributed by atoms with van der Waals surface area (Å²) >= 11 is 0. The van der Waals surface area contributed by atoms with E-state index in [1.54, 1.807) is 12.1 Å². The van der Waals surface area contributed by atoms with Crippen LogP contribution in [0.4, 0.5) is 5.69 Å². The standard InChI is InChI=1S/C26H27NO3/c1-17-10-11-19(3)23(14-17)27-26(29)25(22-8-6-5-7-9-22)30-24(28)16-21-13-12-18(2)20(4)15-21/h5-15,25H,16H2,1-4H3,(H,27,29)/t25-/m0/s1. The van der Waals surface area contributed by atoms with Crippen LogP contribution < -0.4 is 5.32 Å². The predicted molar refractivity (Wildman–Crippen MR) is 119 cm³/mol. The Balaban J connectivity index is 1.80. The Bertz CT molecular complexity index is 1060. The molecule has 0 spiro atoms. The first-order chi connectivity index (χ1) is 14.3. The lowest BCUT2D eigenvalue weighted by atomic mass is 10.0. The Labute approximate surface area is 177 Å². The topological polar surface area (TPSA) is 55.4 Å². The molecule has 3 rings (SSSR count). The summed E-state index contributed by atoms with van der Waals surface area (Å²) in [5.41, 5.74) is 6.49. The van der Waals surface area contributed by atoms with Gasteiger partial charge in [0.2, 0.25) is 6.10 Å². The summed E-state index contributed by atoms with van der Waals surface area (Å²) in [6, 6.07) is 20.8. The molecule has 154 valence electrons. The number of ether oxygens (including phenoxy) is 1. The highest BCUT2D eigenvalue weighted by atomic mass is 16.5. The third-order valence-electron chi connectivity index (χ3n) is 5.16. The number of anilines is 1. The maximum Gasteiger partial charge on any atom is 0.311 e. The Morgan fingerprint density at radius 2 is 1.53 bits per heavy atom. The van der Waals surface area contributed by atoms with Crippen molar-refractivity contribution < 1.29 is 14.3 Å². The van der Waals surface area contributed by atoms with Crippen molar-refractivity contribution >= 4 is 17.6 Å². The Hall–Kier alpha value is -3.40. The van der Waals surface area contributed by atoms with Crippen molar-refractivity contribution in [2.75, 3.05) is 5.32 Å². The third-order valence-corrected chi connectivity index (χ3v) is 5.16. The molecule has 1 atom stereocenters. The van der Waals surface area contributed by atoms with Crippen LogP contribution in [0.5, 0.6) is 0 Å². The molecule has 0 saturated carbocycles. The van der Waals surface area contributed by atoms with Crippen LogP contribution in [0.1, 0.15) is 39.5 Å². The summed E-state index contributed by atoms with van der Waals surface area (Å²) in [5, 5.41) is 2.92. The maximum atomic E-state index is 13.1. The summed E-state index contributed by atoms with van der Waals surface area (Å²) in [4.78, 5) is 25.7. The van der Waals surface area contributed by atoms with Gasteiger partial charge in [0, 0.05) is 11.3 Å². The molecule has 30 heavy (non-hydrogen) atoms. The van der Waals surface area contributed by atoms with Gasteiger partial charge in [0.05, 0.1) is 6.42 Å². The fraction of sp³-hybridized carbons (Fsp3) is 0.231. The van der Waals surface area contributed by atoms with E-state index in [0.29, 0.717) is 11.3 Å². The Kier molecular flexibility index (Phi) is 6.68. The SMILES string of the molecule is Cc1ccc(C)c(NC(=O)[C@@H](OC(=O)Cc2ccc(C)c(C)c2)c2ccccc2)c1. The summed E-state index contributed by atoms with van der Waals surface area (Å²) in [7, 11) is 0. The zero-order valence-electron chi connectivity index (χ0n) is 17.9. The van der Waals surface area contributed by atoms with Gasteiger partial charge in [0.15, 0.2) is 0 Å². The van der Waals surface area contributed by atoms with Gasteiger partial charge in [0.1, 0.15) is 0 Å². The van der Waals surface area contributed by atoms with Crippen LogP contribution in [0.25, 0.3) is 0 Å². The van der Waals surface area contributed by atoms with Crippen molar-refractivity contribution in [2.24, 2.45) is 0 Å². The molecule has 0 radical (unpaired) electrons. The first-order valence-corrected chi connectivity index (χ1v) is 10.0. The molecule has 1 amide bonds. The van der Waals surface area contributed by atoms with Gasteiger partial charge in [-0.15, -0.1) is 0 Å². The smallest absolute Gasteiger partial charge is 0.311 e. The average Bonchev–Trinajstić information content (AvgIpc) is 2.72. The van der Waals surface area contributed by atoms with Gasteiger partial charge in [-0.1, -0.05) is 60.7 Å². The second-order valence-corrected chi connectivity index (χ2v) is 7.68. The number of hydrogen-bond donors (Lipinski definition) is 1. The van der Waals surface area contributed by atoms with Crippen LogP contribution >= 0.6 is 0 Å². The molecular formula is C26H27NO3. The van der Waals surface area contributed by atoms with Gasteiger partial charge in [-0.3, -0.25) is 9.59 Å². The number of esters is 1. The molecule has 0 heterocycles. The number of aryl methyl sites for hydroxylation is 4. The second kappa shape index (κ2) is 9.40. The summed E-state index contributed by atoms with van der Waals surface area (Å²) < 4.78 is 5.66. The first-order valence-electron chi connectivity index (χ1n) is 10.0. The Morgan fingerprint density at radius 3 is 2.23 bits per heavy atom. The summed E-state index contributed by atoms with van der Waals surface area (Å²) in [6.45, 7) is 7.93. The highest BCUT2D eigenvalue weighted by molar-refractivity contribution is 5.96. The van der Waals surface area contributed by atoms with Crippen LogP contribution in [-0.2, 0) is 20.7 Å². The fourth-order valence-corrected chi connectivity index (χ4v) is 3.22. The number of carbonyl (C=O) groups excluding carboxylic acids is 2. The maximum absolute atomic E-state index is 13.1. The van der Waals surface area contributed by atoms with Gasteiger partial charge >= 0.3 is 5.97 Å². The molecule has 0 bridgehead atoms. The number of benzene rings is 3. The number of amides is 1. The second-order valence-electron chi connectivity index (χ2n) is 7.68. The molecule has 3 aromatic rings. The van der Waals surface area contributed by atoms with Gasteiger partial charge < -0.3 is 10.1 Å². The van der Waals surface area contributed by atoms with E-state index < -0.39 is 12.1 Å². The van der Waals surface area contributed by atoms with E-state index in [9.17, 15) is 9.59 Å². The van der Waals surface area contributed by atoms with Crippen molar-refractivity contribution in [1.82, 2.24) is 0 Å². The molecule has 1 N–H and O–H groups in total. The van der Waals surface area contributed by atoms with Crippen molar-refractivity contribution in [3.05, 3.63) is 100 Å². The first kappa shape index (κ1) is 21.3. The minimum atomic E-state index is -1.02. The quantitative estimate of drug-likeness (QED) is 0.564. The number of carbonyl (C=O) groups is 2. The summed E-state index contributed by atoms with van der Waals surface area (Å²) in [6.07, 6.45) is -0.911. The van der Waals surface area contributed by atoms with Gasteiger partial charge in [-0.25, -0.2) is 0 Å². The van der Waals surface area contributed by atoms with E-state index in [2.05, 4.69) is 5.32 Å². The average molecular weight is 402 g/mol. The minimum absolute atomic E-state index is 0.112. The molecule has 0 aliphatic heterocycles. The summed E-state index contributed by atoms with van der Waals surface area (Å²) in [5.74, 6) is -0.813. The number of hydrogen-bond acceptors (Lipinski definition) is 3. The van der Waals surface area contributed by atoms with Crippen molar-refractivity contribution in [3.8, 4) is 0 Å². The molecular weight excluding hydrogens is 374 g/mol. The van der Waals surface area contributed by atoms with E-state index >= 15 is 0 Å². The monoisotopic (exact) mass is 401 g/mol. The molecule has 0 unspecified atom stereocenters. The molecule has 0 fully saturated rings. The van der Waals surface area contributed by atoms with Crippen molar-refractivity contribution in [2.45, 2.75) is 40.2 Å². The molecule has 0 aromatic heterocycles. The lowest BCUT2D eigenvalue weighted by Crippen LogP contribution is -2.26. The van der Waals surface area contributed by atoms with E-state index in [-0.39, 0.29) is 12.3 Å². The van der Waals surface area contributed by atoms with Crippen LogP contribution in [0.3, 0.4) is 0 Å². The van der Waals surface area contributed by atoms with E-state index in [0.717, 1.165) is 22.3 Å². The lowest BCUT2D eigenvalue weighted by molar-refractivity contribution is -0.154. The Morgan fingerprint density at radius 1 is 0.833 bits per heavy atom. The highest BCUT2D eigenvalue weighted by Gasteiger charge is 2.25. The number of rotatable bonds is 6. The van der Waals surface area contributed by atoms with Crippen LogP contribution in [0.15, 0.2) is 66.7 Å². The lowest BCUT2D eigenvalue weighted by Gasteiger charge is -2.19. The van der Waals surface area contributed by atoms with Crippen molar-refractivity contribution in [3.63, 3.8) is 0 Å². The van der Waals surface area contributed by atoms with Crippen molar-refractivity contribution in [1.29, 1.82) is 0 Å². The zero-order valence-corrected chi connectivity index (χ0v) is 17.9.